The lowest BCUT2D eigenvalue weighted by Gasteiger charge is -2.33. The maximum atomic E-state index is 12.1. The van der Waals surface area contributed by atoms with Gasteiger partial charge in [-0.15, -0.1) is 0 Å². The minimum Gasteiger partial charge on any atom is -0.387 e. The van der Waals surface area contributed by atoms with E-state index in [-0.39, 0.29) is 18.0 Å². The van der Waals surface area contributed by atoms with Crippen molar-refractivity contribution in [1.82, 2.24) is 10.2 Å². The molecule has 1 aliphatic heterocycles. The van der Waals surface area contributed by atoms with Crippen molar-refractivity contribution in [2.24, 2.45) is 0 Å². The Morgan fingerprint density at radius 3 is 2.32 bits per heavy atom. The van der Waals surface area contributed by atoms with Crippen molar-refractivity contribution in [1.29, 1.82) is 0 Å². The van der Waals surface area contributed by atoms with Crippen molar-refractivity contribution in [2.45, 2.75) is 38.7 Å². The highest BCUT2D eigenvalue weighted by atomic mass is 16.5. The fourth-order valence-corrected chi connectivity index (χ4v) is 2.80. The second-order valence-corrected chi connectivity index (χ2v) is 8.02. The van der Waals surface area contributed by atoms with Crippen LogP contribution in [0, 0.1) is 0 Å². The third kappa shape index (κ3) is 6.65. The van der Waals surface area contributed by atoms with Gasteiger partial charge in [-0.3, -0.25) is 4.90 Å². The van der Waals surface area contributed by atoms with Crippen LogP contribution in [0.25, 0.3) is 0 Å². The number of amides is 2. The molecule has 0 bridgehead atoms. The zero-order valence-electron chi connectivity index (χ0n) is 15.8. The molecule has 0 saturated carbocycles. The molecule has 6 heteroatoms. The molecule has 0 aliphatic carbocycles. The van der Waals surface area contributed by atoms with Gasteiger partial charge in [0.25, 0.3) is 0 Å². The number of hydrogen-bond donors (Lipinski definition) is 3. The van der Waals surface area contributed by atoms with Crippen molar-refractivity contribution < 1.29 is 14.6 Å². The van der Waals surface area contributed by atoms with Gasteiger partial charge in [0, 0.05) is 31.9 Å². The van der Waals surface area contributed by atoms with Gasteiger partial charge in [-0.2, -0.15) is 0 Å². The van der Waals surface area contributed by atoms with Gasteiger partial charge < -0.3 is 20.5 Å². The van der Waals surface area contributed by atoms with E-state index in [2.05, 4.69) is 36.3 Å². The van der Waals surface area contributed by atoms with Crippen molar-refractivity contribution in [3.8, 4) is 0 Å². The smallest absolute Gasteiger partial charge is 0.319 e. The lowest BCUT2D eigenvalue weighted by Crippen LogP contribution is -2.51. The van der Waals surface area contributed by atoms with Crippen LogP contribution in [0.15, 0.2) is 24.3 Å². The first-order valence-corrected chi connectivity index (χ1v) is 8.84. The van der Waals surface area contributed by atoms with Crippen LogP contribution < -0.4 is 10.6 Å². The number of rotatable bonds is 5. The van der Waals surface area contributed by atoms with Crippen LogP contribution in [0.2, 0.25) is 0 Å². The number of carbonyl (C=O) groups is 1. The van der Waals surface area contributed by atoms with Crippen LogP contribution in [-0.4, -0.2) is 61.0 Å². The maximum Gasteiger partial charge on any atom is 0.319 e. The average molecular weight is 349 g/mol. The van der Waals surface area contributed by atoms with Gasteiger partial charge in [0.05, 0.1) is 18.8 Å². The molecule has 0 radical (unpaired) electrons. The second kappa shape index (κ2) is 8.17. The first kappa shape index (κ1) is 19.7. The quantitative estimate of drug-likeness (QED) is 0.762. The SMILES string of the molecule is CC(C)(C)c1ccc(NC(=O)NC[C@](C)(O)CN2CCOCC2)cc1. The van der Waals surface area contributed by atoms with E-state index in [4.69, 9.17) is 4.74 Å². The lowest BCUT2D eigenvalue weighted by molar-refractivity contribution is -0.0205. The molecule has 1 aliphatic rings. The molecule has 1 fully saturated rings. The molecular formula is C19H31N3O3. The Hall–Kier alpha value is -1.63. The topological polar surface area (TPSA) is 73.8 Å². The molecule has 2 amide bonds. The predicted molar refractivity (Wildman–Crippen MR) is 100 cm³/mol. The van der Waals surface area contributed by atoms with Gasteiger partial charge in [-0.05, 0) is 30.0 Å². The summed E-state index contributed by atoms with van der Waals surface area (Å²) in [6.45, 7) is 11.9. The first-order chi connectivity index (χ1) is 11.7. The molecule has 1 heterocycles. The first-order valence-electron chi connectivity index (χ1n) is 8.84. The number of hydrogen-bond acceptors (Lipinski definition) is 4. The van der Waals surface area contributed by atoms with Crippen LogP contribution in [0.4, 0.5) is 10.5 Å². The Balaban J connectivity index is 1.79. The Morgan fingerprint density at radius 1 is 1.16 bits per heavy atom. The number of benzene rings is 1. The predicted octanol–water partition coefficient (Wildman–Crippen LogP) is 2.19. The highest BCUT2D eigenvalue weighted by molar-refractivity contribution is 5.89. The summed E-state index contributed by atoms with van der Waals surface area (Å²) in [6.07, 6.45) is 0. The second-order valence-electron chi connectivity index (χ2n) is 8.02. The van der Waals surface area contributed by atoms with E-state index in [9.17, 15) is 9.90 Å². The molecule has 1 saturated heterocycles. The Kier molecular flexibility index (Phi) is 6.43. The number of ether oxygens (including phenoxy) is 1. The summed E-state index contributed by atoms with van der Waals surface area (Å²) < 4.78 is 5.31. The highest BCUT2D eigenvalue weighted by Crippen LogP contribution is 2.23. The third-order valence-electron chi connectivity index (χ3n) is 4.31. The van der Waals surface area contributed by atoms with E-state index in [0.29, 0.717) is 19.8 Å². The van der Waals surface area contributed by atoms with Gasteiger partial charge in [-0.1, -0.05) is 32.9 Å². The lowest BCUT2D eigenvalue weighted by atomic mass is 9.87. The average Bonchev–Trinajstić information content (AvgIpc) is 2.53. The molecule has 1 atom stereocenters. The number of aliphatic hydroxyl groups is 1. The molecule has 3 N–H and O–H groups in total. The van der Waals surface area contributed by atoms with Crippen molar-refractivity contribution in [3.05, 3.63) is 29.8 Å². The Morgan fingerprint density at radius 2 is 1.76 bits per heavy atom. The number of carbonyl (C=O) groups excluding carboxylic acids is 1. The highest BCUT2D eigenvalue weighted by Gasteiger charge is 2.25. The van der Waals surface area contributed by atoms with Crippen LogP contribution in [-0.2, 0) is 10.2 Å². The van der Waals surface area contributed by atoms with Gasteiger partial charge in [0.2, 0.25) is 0 Å². The number of nitrogens with one attached hydrogen (secondary N) is 2. The Labute approximate surface area is 150 Å². The van der Waals surface area contributed by atoms with Crippen molar-refractivity contribution in [3.63, 3.8) is 0 Å². The normalized spacial score (nSPS) is 18.4. The molecule has 0 aromatic heterocycles. The van der Waals surface area contributed by atoms with Crippen LogP contribution in [0.3, 0.4) is 0 Å². The fraction of sp³-hybridized carbons (Fsp3) is 0.632. The van der Waals surface area contributed by atoms with Crippen LogP contribution in [0.1, 0.15) is 33.3 Å². The largest absolute Gasteiger partial charge is 0.387 e. The maximum absolute atomic E-state index is 12.1. The molecule has 1 aromatic carbocycles. The van der Waals surface area contributed by atoms with E-state index >= 15 is 0 Å². The van der Waals surface area contributed by atoms with E-state index in [0.717, 1.165) is 18.8 Å². The summed E-state index contributed by atoms with van der Waals surface area (Å²) in [6, 6.07) is 7.51. The fourth-order valence-electron chi connectivity index (χ4n) is 2.80. The summed E-state index contributed by atoms with van der Waals surface area (Å²) in [5.41, 5.74) is 1.05. The molecule has 140 valence electrons. The third-order valence-corrected chi connectivity index (χ3v) is 4.31. The summed E-state index contributed by atoms with van der Waals surface area (Å²) >= 11 is 0. The Bertz CT molecular complexity index is 558. The van der Waals surface area contributed by atoms with Gasteiger partial charge >= 0.3 is 6.03 Å². The molecular weight excluding hydrogens is 318 g/mol. The zero-order valence-corrected chi connectivity index (χ0v) is 15.8. The zero-order chi connectivity index (χ0) is 18.5. The van der Waals surface area contributed by atoms with E-state index in [1.807, 2.05) is 24.3 Å². The summed E-state index contributed by atoms with van der Waals surface area (Å²) in [5.74, 6) is 0. The standard InChI is InChI=1S/C19H31N3O3/c1-18(2,3)15-5-7-16(8-6-15)21-17(23)20-13-19(4,24)14-22-9-11-25-12-10-22/h5-8,24H,9-14H2,1-4H3,(H2,20,21,23)/t19-/m0/s1. The number of urea groups is 1. The molecule has 0 unspecified atom stereocenters. The van der Waals surface area contributed by atoms with Crippen molar-refractivity contribution >= 4 is 11.7 Å². The molecule has 1 aromatic rings. The number of morpholine rings is 1. The van der Waals surface area contributed by atoms with Gasteiger partial charge in [-0.25, -0.2) is 4.79 Å². The monoisotopic (exact) mass is 349 g/mol. The summed E-state index contributed by atoms with van der Waals surface area (Å²) in [5, 5.41) is 16.0. The molecule has 25 heavy (non-hydrogen) atoms. The number of anilines is 1. The van der Waals surface area contributed by atoms with Crippen LogP contribution >= 0.6 is 0 Å². The summed E-state index contributed by atoms with van der Waals surface area (Å²) in [7, 11) is 0. The number of nitrogens with zero attached hydrogens (tertiary/aromatic N) is 1. The van der Waals surface area contributed by atoms with E-state index < -0.39 is 5.60 Å². The minimum absolute atomic E-state index is 0.0823. The molecule has 6 nitrogen and oxygen atoms in total. The van der Waals surface area contributed by atoms with Crippen molar-refractivity contribution in [2.75, 3.05) is 44.7 Å². The summed E-state index contributed by atoms with van der Waals surface area (Å²) in [4.78, 5) is 14.2. The van der Waals surface area contributed by atoms with E-state index in [1.165, 1.54) is 5.56 Å². The van der Waals surface area contributed by atoms with Crippen LogP contribution in [0.5, 0.6) is 0 Å². The number of β-amino-alcohol motifs (C(OH)–C–C–N with tert-alkyl or cyclic N) is 1. The minimum atomic E-state index is -0.981. The van der Waals surface area contributed by atoms with E-state index in [1.54, 1.807) is 6.92 Å². The molecule has 0 spiro atoms. The molecule has 2 rings (SSSR count). The van der Waals surface area contributed by atoms with Gasteiger partial charge in [0.15, 0.2) is 0 Å². The van der Waals surface area contributed by atoms with Gasteiger partial charge in [0.1, 0.15) is 0 Å².